The lowest BCUT2D eigenvalue weighted by atomic mass is 10.2. The standard InChI is InChI=1S/C11H8FN3/c12-5-10-13-6-9-11(15-10)7-3-1-2-4-8(7)14-9/h1-4,6,14H,5H2. The van der Waals surface area contributed by atoms with E-state index in [9.17, 15) is 4.39 Å². The average Bonchev–Trinajstić information content (AvgIpc) is 2.66. The van der Waals surface area contributed by atoms with Gasteiger partial charge in [-0.1, -0.05) is 18.2 Å². The van der Waals surface area contributed by atoms with Crippen molar-refractivity contribution in [3.8, 4) is 0 Å². The van der Waals surface area contributed by atoms with Crippen molar-refractivity contribution >= 4 is 21.9 Å². The van der Waals surface area contributed by atoms with Crippen LogP contribution in [0.4, 0.5) is 4.39 Å². The van der Waals surface area contributed by atoms with Gasteiger partial charge in [-0.3, -0.25) is 0 Å². The van der Waals surface area contributed by atoms with Gasteiger partial charge >= 0.3 is 0 Å². The molecular formula is C11H8FN3. The molecule has 0 spiro atoms. The van der Waals surface area contributed by atoms with Crippen molar-refractivity contribution in [2.75, 3.05) is 0 Å². The lowest BCUT2D eigenvalue weighted by molar-refractivity contribution is 0.466. The van der Waals surface area contributed by atoms with E-state index in [0.29, 0.717) is 0 Å². The molecule has 15 heavy (non-hydrogen) atoms. The first-order chi connectivity index (χ1) is 7.38. The van der Waals surface area contributed by atoms with E-state index in [1.165, 1.54) is 0 Å². The molecule has 0 fully saturated rings. The Balaban J connectivity index is 2.46. The van der Waals surface area contributed by atoms with Crippen LogP contribution in [0.25, 0.3) is 21.9 Å². The van der Waals surface area contributed by atoms with Crippen LogP contribution in [0, 0.1) is 0 Å². The summed E-state index contributed by atoms with van der Waals surface area (Å²) < 4.78 is 12.4. The monoisotopic (exact) mass is 201 g/mol. The number of nitrogens with one attached hydrogen (secondary N) is 1. The van der Waals surface area contributed by atoms with Gasteiger partial charge in [0.05, 0.1) is 17.2 Å². The van der Waals surface area contributed by atoms with Gasteiger partial charge in [-0.25, -0.2) is 14.4 Å². The smallest absolute Gasteiger partial charge is 0.160 e. The molecule has 4 heteroatoms. The number of para-hydroxylation sites is 1. The number of H-pyrrole nitrogens is 1. The summed E-state index contributed by atoms with van der Waals surface area (Å²) in [7, 11) is 0. The van der Waals surface area contributed by atoms with E-state index in [1.54, 1.807) is 6.20 Å². The van der Waals surface area contributed by atoms with Gasteiger partial charge in [-0.05, 0) is 6.07 Å². The number of nitrogens with zero attached hydrogens (tertiary/aromatic N) is 2. The van der Waals surface area contributed by atoms with Crippen LogP contribution >= 0.6 is 0 Å². The second-order valence-electron chi connectivity index (χ2n) is 3.35. The summed E-state index contributed by atoms with van der Waals surface area (Å²) in [6.45, 7) is -0.630. The predicted molar refractivity (Wildman–Crippen MR) is 56.2 cm³/mol. The summed E-state index contributed by atoms with van der Waals surface area (Å²) >= 11 is 0. The molecule has 2 heterocycles. The zero-order chi connectivity index (χ0) is 10.3. The summed E-state index contributed by atoms with van der Waals surface area (Å²) in [6, 6.07) is 7.81. The molecule has 0 saturated carbocycles. The second-order valence-corrected chi connectivity index (χ2v) is 3.35. The van der Waals surface area contributed by atoms with E-state index < -0.39 is 6.67 Å². The minimum atomic E-state index is -0.630. The molecule has 3 aromatic rings. The average molecular weight is 201 g/mol. The summed E-state index contributed by atoms with van der Waals surface area (Å²) in [5, 5.41) is 1.00. The highest BCUT2D eigenvalue weighted by Gasteiger charge is 2.06. The Kier molecular flexibility index (Phi) is 1.68. The molecule has 0 aliphatic carbocycles. The molecule has 0 bridgehead atoms. The maximum Gasteiger partial charge on any atom is 0.160 e. The van der Waals surface area contributed by atoms with Gasteiger partial charge in [0, 0.05) is 10.9 Å². The molecule has 0 radical (unpaired) electrons. The largest absolute Gasteiger partial charge is 0.352 e. The molecule has 74 valence electrons. The second kappa shape index (κ2) is 3.02. The molecule has 2 aromatic heterocycles. The molecule has 0 amide bonds. The highest BCUT2D eigenvalue weighted by atomic mass is 19.1. The Morgan fingerprint density at radius 1 is 1.20 bits per heavy atom. The van der Waals surface area contributed by atoms with Crippen molar-refractivity contribution in [2.24, 2.45) is 0 Å². The number of halogens is 1. The number of aromatic nitrogens is 3. The van der Waals surface area contributed by atoms with E-state index in [2.05, 4.69) is 15.0 Å². The SMILES string of the molecule is FCc1ncc2[nH]c3ccccc3c2n1. The van der Waals surface area contributed by atoms with Crippen molar-refractivity contribution in [2.45, 2.75) is 6.67 Å². The van der Waals surface area contributed by atoms with Crippen LogP contribution in [0.5, 0.6) is 0 Å². The third-order valence-corrected chi connectivity index (χ3v) is 2.41. The predicted octanol–water partition coefficient (Wildman–Crippen LogP) is 2.58. The minimum absolute atomic E-state index is 0.229. The number of benzene rings is 1. The maximum atomic E-state index is 12.4. The van der Waals surface area contributed by atoms with Gasteiger partial charge in [-0.2, -0.15) is 0 Å². The fourth-order valence-electron chi connectivity index (χ4n) is 1.72. The molecule has 3 nitrogen and oxygen atoms in total. The van der Waals surface area contributed by atoms with Crippen LogP contribution in [0.2, 0.25) is 0 Å². The Hall–Kier alpha value is -1.97. The van der Waals surface area contributed by atoms with Gasteiger partial charge in [0.25, 0.3) is 0 Å². The van der Waals surface area contributed by atoms with Crippen LogP contribution < -0.4 is 0 Å². The number of hydrogen-bond acceptors (Lipinski definition) is 2. The highest BCUT2D eigenvalue weighted by Crippen LogP contribution is 2.22. The zero-order valence-corrected chi connectivity index (χ0v) is 7.87. The molecule has 0 unspecified atom stereocenters. The third-order valence-electron chi connectivity index (χ3n) is 2.41. The van der Waals surface area contributed by atoms with Gasteiger partial charge in [0.2, 0.25) is 0 Å². The Bertz CT molecular complexity index is 630. The molecule has 0 atom stereocenters. The molecule has 1 aromatic carbocycles. The molecule has 0 aliphatic rings. The van der Waals surface area contributed by atoms with Crippen LogP contribution in [-0.2, 0) is 6.67 Å². The first kappa shape index (κ1) is 8.35. The van der Waals surface area contributed by atoms with Crippen molar-refractivity contribution < 1.29 is 4.39 Å². The molecule has 3 rings (SSSR count). The molecule has 0 saturated heterocycles. The van der Waals surface area contributed by atoms with Crippen LogP contribution in [0.15, 0.2) is 30.5 Å². The number of alkyl halides is 1. The number of rotatable bonds is 1. The lowest BCUT2D eigenvalue weighted by Gasteiger charge is -1.93. The normalized spacial score (nSPS) is 11.3. The van der Waals surface area contributed by atoms with Crippen molar-refractivity contribution in [3.05, 3.63) is 36.3 Å². The maximum absolute atomic E-state index is 12.4. The molecular weight excluding hydrogens is 193 g/mol. The van der Waals surface area contributed by atoms with E-state index >= 15 is 0 Å². The van der Waals surface area contributed by atoms with Crippen LogP contribution in [-0.4, -0.2) is 15.0 Å². The zero-order valence-electron chi connectivity index (χ0n) is 7.87. The minimum Gasteiger partial charge on any atom is -0.352 e. The van der Waals surface area contributed by atoms with E-state index in [1.807, 2.05) is 24.3 Å². The topological polar surface area (TPSA) is 41.6 Å². The molecule has 1 N–H and O–H groups in total. The fourth-order valence-corrected chi connectivity index (χ4v) is 1.72. The van der Waals surface area contributed by atoms with Gasteiger partial charge in [0.15, 0.2) is 5.82 Å². The van der Waals surface area contributed by atoms with E-state index in [-0.39, 0.29) is 5.82 Å². The number of hydrogen-bond donors (Lipinski definition) is 1. The summed E-state index contributed by atoms with van der Waals surface area (Å²) in [6.07, 6.45) is 1.62. The van der Waals surface area contributed by atoms with Gasteiger partial charge in [0.1, 0.15) is 6.67 Å². The van der Waals surface area contributed by atoms with Crippen molar-refractivity contribution in [1.82, 2.24) is 15.0 Å². The Morgan fingerprint density at radius 2 is 2.07 bits per heavy atom. The first-order valence-corrected chi connectivity index (χ1v) is 4.67. The van der Waals surface area contributed by atoms with Gasteiger partial charge in [-0.15, -0.1) is 0 Å². The fraction of sp³-hybridized carbons (Fsp3) is 0.0909. The quantitative estimate of drug-likeness (QED) is 0.657. The lowest BCUT2D eigenvalue weighted by Crippen LogP contribution is -1.90. The highest BCUT2D eigenvalue weighted by molar-refractivity contribution is 6.04. The van der Waals surface area contributed by atoms with E-state index in [0.717, 1.165) is 21.9 Å². The summed E-state index contributed by atoms with van der Waals surface area (Å²) in [5.41, 5.74) is 2.62. The Labute approximate surface area is 85.0 Å². The Morgan fingerprint density at radius 3 is 2.93 bits per heavy atom. The van der Waals surface area contributed by atoms with E-state index in [4.69, 9.17) is 0 Å². The van der Waals surface area contributed by atoms with Crippen LogP contribution in [0.3, 0.4) is 0 Å². The number of fused-ring (bicyclic) bond motifs is 3. The third kappa shape index (κ3) is 1.18. The van der Waals surface area contributed by atoms with Crippen molar-refractivity contribution in [1.29, 1.82) is 0 Å². The van der Waals surface area contributed by atoms with Crippen LogP contribution in [0.1, 0.15) is 5.82 Å². The number of aromatic amines is 1. The first-order valence-electron chi connectivity index (χ1n) is 4.67. The van der Waals surface area contributed by atoms with Gasteiger partial charge < -0.3 is 4.98 Å². The molecule has 0 aliphatic heterocycles. The van der Waals surface area contributed by atoms with Crippen molar-refractivity contribution in [3.63, 3.8) is 0 Å². The summed E-state index contributed by atoms with van der Waals surface area (Å²) in [4.78, 5) is 11.2. The summed E-state index contributed by atoms with van der Waals surface area (Å²) in [5.74, 6) is 0.229.